The van der Waals surface area contributed by atoms with Gasteiger partial charge < -0.3 is 15.2 Å². The molecule has 0 aliphatic carbocycles. The number of aromatic carboxylic acids is 1. The number of nitrogens with zero attached hydrogens (tertiary/aromatic N) is 2. The van der Waals surface area contributed by atoms with E-state index in [1.165, 1.54) is 5.56 Å². The van der Waals surface area contributed by atoms with Crippen LogP contribution in [0.2, 0.25) is 0 Å². The smallest absolute Gasteiger partial charge is 0.335 e. The minimum atomic E-state index is -0.891. The average Bonchev–Trinajstić information content (AvgIpc) is 3.23. The third-order valence-corrected chi connectivity index (χ3v) is 5.79. The summed E-state index contributed by atoms with van der Waals surface area (Å²) < 4.78 is 5.78. The van der Waals surface area contributed by atoms with Crippen molar-refractivity contribution >= 4 is 17.6 Å². The Labute approximate surface area is 199 Å². The molecule has 176 valence electrons. The van der Waals surface area contributed by atoms with Gasteiger partial charge in [0.25, 0.3) is 0 Å². The molecule has 7 nitrogen and oxygen atoms in total. The van der Waals surface area contributed by atoms with Gasteiger partial charge >= 0.3 is 5.97 Å². The van der Waals surface area contributed by atoms with E-state index >= 15 is 0 Å². The Hall–Kier alpha value is -3.68. The van der Waals surface area contributed by atoms with Crippen LogP contribution in [-0.2, 0) is 17.9 Å². The highest BCUT2D eigenvalue weighted by Gasteiger charge is 2.20. The highest BCUT2D eigenvalue weighted by Crippen LogP contribution is 2.24. The summed E-state index contributed by atoms with van der Waals surface area (Å²) in [6.07, 6.45) is 0.926. The van der Waals surface area contributed by atoms with Gasteiger partial charge in [-0.1, -0.05) is 24.3 Å². The van der Waals surface area contributed by atoms with Crippen LogP contribution in [0.25, 0.3) is 0 Å². The van der Waals surface area contributed by atoms with Crippen molar-refractivity contribution in [3.8, 4) is 11.5 Å². The zero-order valence-electron chi connectivity index (χ0n) is 19.2. The molecule has 0 saturated carbocycles. The molecule has 7 heteroatoms. The van der Waals surface area contributed by atoms with Gasteiger partial charge in [-0.3, -0.25) is 14.6 Å². The van der Waals surface area contributed by atoms with Crippen molar-refractivity contribution in [2.45, 2.75) is 19.5 Å². The van der Waals surface area contributed by atoms with Crippen LogP contribution < -0.4 is 10.1 Å². The van der Waals surface area contributed by atoms with Gasteiger partial charge in [0.15, 0.2) is 0 Å². The highest BCUT2D eigenvalue weighted by atomic mass is 16.5. The summed E-state index contributed by atoms with van der Waals surface area (Å²) in [5.41, 5.74) is 3.35. The Balaban J connectivity index is 1.16. The molecule has 0 aromatic heterocycles. The molecule has 1 aliphatic heterocycles. The first-order valence-electron chi connectivity index (χ1n) is 11.3. The highest BCUT2D eigenvalue weighted by molar-refractivity contribution is 5.92. The lowest BCUT2D eigenvalue weighted by Crippen LogP contribution is -2.32. The van der Waals surface area contributed by atoms with Gasteiger partial charge in [-0.2, -0.15) is 0 Å². The minimum Gasteiger partial charge on any atom is -0.478 e. The van der Waals surface area contributed by atoms with Gasteiger partial charge in [0.1, 0.15) is 11.5 Å². The zero-order chi connectivity index (χ0) is 23.9. The second kappa shape index (κ2) is 11.0. The second-order valence-corrected chi connectivity index (χ2v) is 8.58. The lowest BCUT2D eigenvalue weighted by molar-refractivity contribution is -0.117. The van der Waals surface area contributed by atoms with Crippen molar-refractivity contribution in [3.05, 3.63) is 89.5 Å². The van der Waals surface area contributed by atoms with Crippen LogP contribution in [-0.4, -0.2) is 53.5 Å². The summed E-state index contributed by atoms with van der Waals surface area (Å²) in [5.74, 6) is 0.528. The predicted molar refractivity (Wildman–Crippen MR) is 131 cm³/mol. The molecule has 2 N–H and O–H groups in total. The molecule has 34 heavy (non-hydrogen) atoms. The largest absolute Gasteiger partial charge is 0.478 e. The molecule has 0 fully saturated rings. The Bertz CT molecular complexity index is 1130. The fourth-order valence-corrected chi connectivity index (χ4v) is 4.08. The van der Waals surface area contributed by atoms with E-state index in [2.05, 4.69) is 10.2 Å². The van der Waals surface area contributed by atoms with E-state index in [4.69, 9.17) is 9.84 Å². The summed E-state index contributed by atoms with van der Waals surface area (Å²) in [5, 5.41) is 12.1. The number of amides is 1. The molecule has 3 aromatic carbocycles. The van der Waals surface area contributed by atoms with Gasteiger partial charge in [0, 0.05) is 25.3 Å². The molecule has 1 aliphatic rings. The number of carboxylic acid groups (broad SMARTS) is 1. The van der Waals surface area contributed by atoms with Crippen LogP contribution in [0.1, 0.15) is 27.9 Å². The maximum atomic E-state index is 12.4. The minimum absolute atomic E-state index is 0.0611. The number of hydrogen-bond acceptors (Lipinski definition) is 5. The van der Waals surface area contributed by atoms with Crippen molar-refractivity contribution in [2.75, 3.05) is 32.0 Å². The molecular formula is C27H29N3O4. The van der Waals surface area contributed by atoms with Crippen molar-refractivity contribution in [1.29, 1.82) is 0 Å². The number of carbonyl (C=O) groups is 2. The SMILES string of the molecule is CN(CCCN1Cc2ccc(C(=O)O)cc2C1)CC(=O)Nc1ccc(Oc2ccccc2)cc1. The molecule has 0 saturated heterocycles. The van der Waals surface area contributed by atoms with Gasteiger partial charge in [-0.15, -0.1) is 0 Å². The number of hydrogen-bond donors (Lipinski definition) is 2. The van der Waals surface area contributed by atoms with Gasteiger partial charge in [-0.25, -0.2) is 4.79 Å². The zero-order valence-corrected chi connectivity index (χ0v) is 19.2. The number of fused-ring (bicyclic) bond motifs is 1. The number of nitrogens with one attached hydrogen (secondary N) is 1. The Morgan fingerprint density at radius 3 is 2.41 bits per heavy atom. The number of ether oxygens (including phenoxy) is 1. The van der Waals surface area contributed by atoms with Gasteiger partial charge in [0.05, 0.1) is 12.1 Å². The molecule has 0 radical (unpaired) electrons. The van der Waals surface area contributed by atoms with Crippen molar-refractivity contribution in [1.82, 2.24) is 9.80 Å². The fourth-order valence-electron chi connectivity index (χ4n) is 4.08. The number of carboxylic acids is 1. The van der Waals surface area contributed by atoms with Crippen LogP contribution in [0.5, 0.6) is 11.5 Å². The molecule has 4 rings (SSSR count). The van der Waals surface area contributed by atoms with E-state index in [1.54, 1.807) is 12.1 Å². The van der Waals surface area contributed by atoms with Crippen LogP contribution in [0.3, 0.4) is 0 Å². The number of benzene rings is 3. The first-order chi connectivity index (χ1) is 16.5. The summed E-state index contributed by atoms with van der Waals surface area (Å²) in [7, 11) is 1.94. The standard InChI is InChI=1S/C27H29N3O4/c1-29(14-5-15-30-17-21-9-8-20(27(32)33)16-22(21)18-30)19-26(31)28-23-10-12-25(13-11-23)34-24-6-3-2-4-7-24/h2-4,6-13,16H,5,14-15,17-19H2,1H3,(H,28,31)(H,32,33). The Kier molecular flexibility index (Phi) is 7.57. The molecule has 0 bridgehead atoms. The van der Waals surface area contributed by atoms with Crippen LogP contribution in [0.4, 0.5) is 5.69 Å². The Morgan fingerprint density at radius 1 is 0.971 bits per heavy atom. The first kappa shape index (κ1) is 23.5. The molecule has 0 unspecified atom stereocenters. The molecule has 1 heterocycles. The predicted octanol–water partition coefficient (Wildman–Crippen LogP) is 4.45. The topological polar surface area (TPSA) is 82.1 Å². The Morgan fingerprint density at radius 2 is 1.68 bits per heavy atom. The summed E-state index contributed by atoms with van der Waals surface area (Å²) in [4.78, 5) is 27.9. The molecule has 1 amide bonds. The molecular weight excluding hydrogens is 430 g/mol. The van der Waals surface area contributed by atoms with E-state index in [-0.39, 0.29) is 5.91 Å². The van der Waals surface area contributed by atoms with E-state index in [9.17, 15) is 9.59 Å². The van der Waals surface area contributed by atoms with Gasteiger partial charge in [0.2, 0.25) is 5.91 Å². The van der Waals surface area contributed by atoms with E-state index < -0.39 is 5.97 Å². The number of carbonyl (C=O) groups excluding carboxylic acids is 1. The fraction of sp³-hybridized carbons (Fsp3) is 0.259. The summed E-state index contributed by atoms with van der Waals surface area (Å²) in [6, 6.07) is 22.2. The monoisotopic (exact) mass is 459 g/mol. The lowest BCUT2D eigenvalue weighted by atomic mass is 10.1. The number of rotatable bonds is 10. The number of anilines is 1. The van der Waals surface area contributed by atoms with E-state index in [1.807, 2.05) is 72.6 Å². The van der Waals surface area contributed by atoms with Crippen molar-refractivity contribution < 1.29 is 19.4 Å². The number of para-hydroxylation sites is 1. The average molecular weight is 460 g/mol. The van der Waals surface area contributed by atoms with Gasteiger partial charge in [-0.05, 0) is 79.7 Å². The normalized spacial score (nSPS) is 13.0. The maximum absolute atomic E-state index is 12.4. The van der Waals surface area contributed by atoms with Crippen molar-refractivity contribution in [3.63, 3.8) is 0 Å². The van der Waals surface area contributed by atoms with Crippen LogP contribution >= 0.6 is 0 Å². The first-order valence-corrected chi connectivity index (χ1v) is 11.3. The second-order valence-electron chi connectivity index (χ2n) is 8.58. The lowest BCUT2D eigenvalue weighted by Gasteiger charge is -2.19. The van der Waals surface area contributed by atoms with E-state index in [0.717, 1.165) is 49.6 Å². The molecule has 0 atom stereocenters. The van der Waals surface area contributed by atoms with E-state index in [0.29, 0.717) is 17.9 Å². The third-order valence-electron chi connectivity index (χ3n) is 5.79. The van der Waals surface area contributed by atoms with Crippen LogP contribution in [0, 0.1) is 0 Å². The van der Waals surface area contributed by atoms with Crippen molar-refractivity contribution in [2.24, 2.45) is 0 Å². The quantitative estimate of drug-likeness (QED) is 0.466. The van der Waals surface area contributed by atoms with Crippen LogP contribution in [0.15, 0.2) is 72.8 Å². The molecule has 3 aromatic rings. The summed E-state index contributed by atoms with van der Waals surface area (Å²) >= 11 is 0. The summed E-state index contributed by atoms with van der Waals surface area (Å²) in [6.45, 7) is 3.61. The molecule has 0 spiro atoms. The maximum Gasteiger partial charge on any atom is 0.335 e. The number of likely N-dealkylation sites (N-methyl/N-ethyl adjacent to an activating group) is 1. The third kappa shape index (κ3) is 6.43.